The van der Waals surface area contributed by atoms with E-state index in [0.29, 0.717) is 29.3 Å². The van der Waals surface area contributed by atoms with E-state index in [2.05, 4.69) is 9.97 Å². The first-order chi connectivity index (χ1) is 14.7. The number of nitrogens with zero attached hydrogens (tertiary/aromatic N) is 3. The van der Waals surface area contributed by atoms with Crippen molar-refractivity contribution >= 4 is 28.7 Å². The highest BCUT2D eigenvalue weighted by Gasteiger charge is 2.36. The van der Waals surface area contributed by atoms with Crippen LogP contribution in [0.4, 0.5) is 4.79 Å². The molecule has 2 aromatic heterocycles. The third-order valence-corrected chi connectivity index (χ3v) is 5.45. The molecule has 1 saturated heterocycles. The minimum atomic E-state index is -0.579. The number of hydrogen-bond acceptors (Lipinski definition) is 5. The Bertz CT molecular complexity index is 1160. The van der Waals surface area contributed by atoms with Gasteiger partial charge in [0.1, 0.15) is 10.8 Å². The zero-order valence-electron chi connectivity index (χ0n) is 17.9. The number of benzene rings is 1. The molecule has 0 aliphatic carbocycles. The number of carbonyl (C=O) groups excluding carboxylic acids is 1. The number of hydrogen-bond donors (Lipinski definition) is 1. The van der Waals surface area contributed by atoms with Crippen molar-refractivity contribution in [2.24, 2.45) is 0 Å². The van der Waals surface area contributed by atoms with Gasteiger partial charge in [0.2, 0.25) is 0 Å². The second kappa shape index (κ2) is 8.01. The van der Waals surface area contributed by atoms with Crippen LogP contribution in [0.15, 0.2) is 41.5 Å². The Morgan fingerprint density at radius 3 is 2.68 bits per heavy atom. The Labute approximate surface area is 184 Å². The van der Waals surface area contributed by atoms with Crippen molar-refractivity contribution in [3.8, 4) is 5.69 Å². The van der Waals surface area contributed by atoms with Crippen molar-refractivity contribution in [2.45, 2.75) is 45.4 Å². The molecule has 1 aromatic carbocycles. The predicted octanol–water partition coefficient (Wildman–Crippen LogP) is 4.06. The molecule has 0 radical (unpaired) electrons. The Kier molecular flexibility index (Phi) is 5.53. The summed E-state index contributed by atoms with van der Waals surface area (Å²) in [7, 11) is 0. The standard InChI is InChI=1S/C22H25ClN4O4/c1-13-18(26(9-10-30-13)21(29)31-22(2,3)4)14-5-7-15(8-6-14)27-17(23)11-16-19(27)24-12-25-20(16)28/h5-8,11-13,18H,9-10H2,1-4H3,(H,24,25,28)/t13-,18+/m1/s1. The second-order valence-electron chi connectivity index (χ2n) is 8.56. The predicted molar refractivity (Wildman–Crippen MR) is 118 cm³/mol. The molecular formula is C22H25ClN4O4. The van der Waals surface area contributed by atoms with E-state index in [1.54, 1.807) is 15.5 Å². The smallest absolute Gasteiger partial charge is 0.410 e. The SMILES string of the molecule is C[C@H]1OCCN(C(=O)OC(C)(C)C)[C@@H]1c1ccc(-n2c(Cl)cc3c(=O)[nH]cnc32)cc1. The van der Waals surface area contributed by atoms with Gasteiger partial charge in [0.15, 0.2) is 5.65 Å². The molecule has 0 unspecified atom stereocenters. The van der Waals surface area contributed by atoms with Crippen molar-refractivity contribution in [2.75, 3.05) is 13.2 Å². The molecule has 1 aliphatic rings. The van der Waals surface area contributed by atoms with Crippen LogP contribution in [0.2, 0.25) is 5.15 Å². The van der Waals surface area contributed by atoms with Crippen LogP contribution in [0.1, 0.15) is 39.3 Å². The summed E-state index contributed by atoms with van der Waals surface area (Å²) in [5.41, 5.74) is 1.33. The number of fused-ring (bicyclic) bond motifs is 1. The number of H-pyrrole nitrogens is 1. The molecule has 164 valence electrons. The fraction of sp³-hybridized carbons (Fsp3) is 0.409. The monoisotopic (exact) mass is 444 g/mol. The van der Waals surface area contributed by atoms with Crippen LogP contribution in [0.25, 0.3) is 16.7 Å². The molecule has 1 amide bonds. The first-order valence-electron chi connectivity index (χ1n) is 10.1. The van der Waals surface area contributed by atoms with Gasteiger partial charge in [0, 0.05) is 12.2 Å². The summed E-state index contributed by atoms with van der Waals surface area (Å²) in [6, 6.07) is 8.94. The third-order valence-electron chi connectivity index (χ3n) is 5.17. The highest BCUT2D eigenvalue weighted by atomic mass is 35.5. The molecule has 1 fully saturated rings. The van der Waals surface area contributed by atoms with Gasteiger partial charge in [0.05, 0.1) is 30.5 Å². The van der Waals surface area contributed by atoms with Crippen LogP contribution < -0.4 is 5.56 Å². The summed E-state index contributed by atoms with van der Waals surface area (Å²) in [5, 5.41) is 0.804. The van der Waals surface area contributed by atoms with Crippen molar-refractivity contribution in [3.63, 3.8) is 0 Å². The minimum Gasteiger partial charge on any atom is -0.444 e. The molecule has 0 spiro atoms. The number of halogens is 1. The van der Waals surface area contributed by atoms with Gasteiger partial charge in [-0.25, -0.2) is 9.78 Å². The van der Waals surface area contributed by atoms with E-state index in [0.717, 1.165) is 11.3 Å². The number of nitrogens with one attached hydrogen (secondary N) is 1. The number of carbonyl (C=O) groups is 1. The largest absolute Gasteiger partial charge is 0.444 e. The second-order valence-corrected chi connectivity index (χ2v) is 8.94. The summed E-state index contributed by atoms with van der Waals surface area (Å²) in [6.45, 7) is 8.41. The quantitative estimate of drug-likeness (QED) is 0.643. The number of ether oxygens (including phenoxy) is 2. The highest BCUT2D eigenvalue weighted by molar-refractivity contribution is 6.31. The lowest BCUT2D eigenvalue weighted by Crippen LogP contribution is -2.48. The number of amides is 1. The molecule has 9 heteroatoms. The molecule has 3 heterocycles. The van der Waals surface area contributed by atoms with Crippen molar-refractivity contribution < 1.29 is 14.3 Å². The number of aromatic amines is 1. The molecule has 2 atom stereocenters. The maximum absolute atomic E-state index is 12.8. The van der Waals surface area contributed by atoms with Gasteiger partial charge in [-0.1, -0.05) is 23.7 Å². The normalized spacial score (nSPS) is 19.6. The van der Waals surface area contributed by atoms with Gasteiger partial charge in [-0.15, -0.1) is 0 Å². The topological polar surface area (TPSA) is 89.5 Å². The van der Waals surface area contributed by atoms with Crippen LogP contribution in [0.5, 0.6) is 0 Å². The molecule has 31 heavy (non-hydrogen) atoms. The van der Waals surface area contributed by atoms with Crippen molar-refractivity contribution in [3.05, 3.63) is 57.7 Å². The van der Waals surface area contributed by atoms with Gasteiger partial charge in [0.25, 0.3) is 5.56 Å². The molecule has 1 N–H and O–H groups in total. The summed E-state index contributed by atoms with van der Waals surface area (Å²) in [4.78, 5) is 33.4. The molecular weight excluding hydrogens is 420 g/mol. The number of aromatic nitrogens is 3. The third kappa shape index (κ3) is 4.18. The Morgan fingerprint density at radius 2 is 2.00 bits per heavy atom. The van der Waals surface area contributed by atoms with E-state index in [9.17, 15) is 9.59 Å². The molecule has 4 rings (SSSR count). The van der Waals surface area contributed by atoms with E-state index in [1.165, 1.54) is 6.33 Å². The van der Waals surface area contributed by atoms with E-state index in [1.807, 2.05) is 52.0 Å². The summed E-state index contributed by atoms with van der Waals surface area (Å²) < 4.78 is 13.1. The fourth-order valence-electron chi connectivity index (χ4n) is 3.86. The van der Waals surface area contributed by atoms with E-state index in [4.69, 9.17) is 21.1 Å². The van der Waals surface area contributed by atoms with Crippen LogP contribution >= 0.6 is 11.6 Å². The number of morpholine rings is 1. The van der Waals surface area contributed by atoms with E-state index in [-0.39, 0.29) is 23.8 Å². The Hall–Kier alpha value is -2.84. The number of rotatable bonds is 2. The molecule has 0 bridgehead atoms. The van der Waals surface area contributed by atoms with Crippen LogP contribution in [-0.2, 0) is 9.47 Å². The lowest BCUT2D eigenvalue weighted by atomic mass is 9.99. The zero-order chi connectivity index (χ0) is 22.3. The average molecular weight is 445 g/mol. The molecule has 3 aromatic rings. The first kappa shape index (κ1) is 21.4. The average Bonchev–Trinajstić information content (AvgIpc) is 3.04. The van der Waals surface area contributed by atoms with Gasteiger partial charge >= 0.3 is 6.09 Å². The minimum absolute atomic E-state index is 0.191. The molecule has 0 saturated carbocycles. The molecule has 1 aliphatic heterocycles. The van der Waals surface area contributed by atoms with E-state index >= 15 is 0 Å². The lowest BCUT2D eigenvalue weighted by molar-refractivity contribution is -0.0698. The van der Waals surface area contributed by atoms with Gasteiger partial charge < -0.3 is 14.5 Å². The first-order valence-corrected chi connectivity index (χ1v) is 10.5. The highest BCUT2D eigenvalue weighted by Crippen LogP contribution is 2.32. The van der Waals surface area contributed by atoms with Crippen molar-refractivity contribution in [1.29, 1.82) is 0 Å². The summed E-state index contributed by atoms with van der Waals surface area (Å²) >= 11 is 6.39. The maximum Gasteiger partial charge on any atom is 0.410 e. The van der Waals surface area contributed by atoms with Crippen LogP contribution in [0, 0.1) is 0 Å². The van der Waals surface area contributed by atoms with E-state index < -0.39 is 5.60 Å². The van der Waals surface area contributed by atoms with Gasteiger partial charge in [-0.2, -0.15) is 0 Å². The Balaban J connectivity index is 1.68. The van der Waals surface area contributed by atoms with Crippen LogP contribution in [-0.4, -0.2) is 50.4 Å². The summed E-state index contributed by atoms with van der Waals surface area (Å²) in [5.74, 6) is 0. The van der Waals surface area contributed by atoms with Crippen molar-refractivity contribution in [1.82, 2.24) is 19.4 Å². The summed E-state index contributed by atoms with van der Waals surface area (Å²) in [6.07, 6.45) is 0.800. The zero-order valence-corrected chi connectivity index (χ0v) is 18.6. The molecule has 8 nitrogen and oxygen atoms in total. The van der Waals surface area contributed by atoms with Gasteiger partial charge in [-0.05, 0) is 51.5 Å². The van der Waals surface area contributed by atoms with Gasteiger partial charge in [-0.3, -0.25) is 14.3 Å². The van der Waals surface area contributed by atoms with Crippen LogP contribution in [0.3, 0.4) is 0 Å². The lowest BCUT2D eigenvalue weighted by Gasteiger charge is -2.40. The maximum atomic E-state index is 12.8. The Morgan fingerprint density at radius 1 is 1.29 bits per heavy atom. The fourth-order valence-corrected chi connectivity index (χ4v) is 4.14.